The minimum atomic E-state index is -3.75. The Kier molecular flexibility index (Phi) is 4.65. The predicted octanol–water partition coefficient (Wildman–Crippen LogP) is 0.639. The van der Waals surface area contributed by atoms with Crippen LogP contribution in [-0.2, 0) is 14.8 Å². The van der Waals surface area contributed by atoms with Crippen molar-refractivity contribution in [2.45, 2.75) is 37.3 Å². The normalized spacial score (nSPS) is 21.9. The van der Waals surface area contributed by atoms with Crippen molar-refractivity contribution in [3.05, 3.63) is 29.8 Å². The Morgan fingerprint density at radius 3 is 2.81 bits per heavy atom. The molecule has 0 saturated carbocycles. The third-order valence-electron chi connectivity index (χ3n) is 3.62. The van der Waals surface area contributed by atoms with E-state index in [9.17, 15) is 18.3 Å². The van der Waals surface area contributed by atoms with Crippen LogP contribution in [0, 0.1) is 0 Å². The molecule has 116 valence electrons. The van der Waals surface area contributed by atoms with Crippen molar-refractivity contribution in [3.8, 4) is 0 Å². The van der Waals surface area contributed by atoms with E-state index >= 15 is 0 Å². The van der Waals surface area contributed by atoms with Gasteiger partial charge < -0.3 is 10.4 Å². The molecule has 0 bridgehead atoms. The Balaban J connectivity index is 2.41. The summed E-state index contributed by atoms with van der Waals surface area (Å²) < 4.78 is 26.7. The number of nitrogens with one attached hydrogen (secondary N) is 1. The summed E-state index contributed by atoms with van der Waals surface area (Å²) in [6, 6.07) is 5.53. The van der Waals surface area contributed by atoms with E-state index < -0.39 is 22.2 Å². The topological polar surface area (TPSA) is 86.7 Å². The fraction of sp³-hybridized carbons (Fsp3) is 0.500. The number of carbonyl (C=O) groups is 1. The number of benzene rings is 1. The third kappa shape index (κ3) is 3.09. The van der Waals surface area contributed by atoms with Crippen molar-refractivity contribution in [3.63, 3.8) is 0 Å². The number of nitrogens with zero attached hydrogens (tertiary/aromatic N) is 1. The Bertz CT molecular complexity index is 628. The van der Waals surface area contributed by atoms with Crippen molar-refractivity contribution in [2.75, 3.05) is 13.1 Å². The van der Waals surface area contributed by atoms with Gasteiger partial charge in [-0.05, 0) is 31.0 Å². The lowest BCUT2D eigenvalue weighted by Gasteiger charge is -2.33. The number of sulfonamides is 1. The molecule has 1 fully saturated rings. The first-order valence-electron chi connectivity index (χ1n) is 6.95. The molecule has 0 spiro atoms. The molecule has 2 atom stereocenters. The fourth-order valence-corrected chi connectivity index (χ4v) is 4.16. The average molecular weight is 312 g/mol. The monoisotopic (exact) mass is 312 g/mol. The molecule has 2 rings (SSSR count). The molecule has 7 heteroatoms. The van der Waals surface area contributed by atoms with Crippen LogP contribution in [-0.4, -0.2) is 42.9 Å². The third-order valence-corrected chi connectivity index (χ3v) is 5.52. The maximum absolute atomic E-state index is 12.7. The molecule has 1 heterocycles. The average Bonchev–Trinajstić information content (AvgIpc) is 2.47. The van der Waals surface area contributed by atoms with Crippen LogP contribution in [0.4, 0.5) is 0 Å². The first kappa shape index (κ1) is 15.9. The second-order valence-electron chi connectivity index (χ2n) is 5.08. The van der Waals surface area contributed by atoms with Crippen LogP contribution in [0.15, 0.2) is 29.2 Å². The summed E-state index contributed by atoms with van der Waals surface area (Å²) >= 11 is 0. The Hall–Kier alpha value is -1.44. The number of aliphatic hydroxyl groups excluding tert-OH is 1. The number of piperazine rings is 1. The van der Waals surface area contributed by atoms with Crippen LogP contribution in [0.25, 0.3) is 0 Å². The van der Waals surface area contributed by atoms with Gasteiger partial charge in [0.15, 0.2) is 0 Å². The number of hydrogen-bond acceptors (Lipinski definition) is 4. The molecule has 1 aromatic carbocycles. The second kappa shape index (κ2) is 6.13. The minimum absolute atomic E-state index is 0.106. The van der Waals surface area contributed by atoms with E-state index in [2.05, 4.69) is 5.32 Å². The summed E-state index contributed by atoms with van der Waals surface area (Å²) in [5, 5.41) is 12.3. The molecule has 0 radical (unpaired) electrons. The summed E-state index contributed by atoms with van der Waals surface area (Å²) in [5.41, 5.74) is 0.533. The zero-order valence-electron chi connectivity index (χ0n) is 12.1. The highest BCUT2D eigenvalue weighted by Crippen LogP contribution is 2.24. The number of hydrogen-bond donors (Lipinski definition) is 2. The predicted molar refractivity (Wildman–Crippen MR) is 78.1 cm³/mol. The van der Waals surface area contributed by atoms with E-state index in [0.29, 0.717) is 18.5 Å². The first-order valence-corrected chi connectivity index (χ1v) is 8.39. The summed E-state index contributed by atoms with van der Waals surface area (Å²) in [7, 11) is -3.75. The Labute approximate surface area is 124 Å². The van der Waals surface area contributed by atoms with Crippen molar-refractivity contribution in [1.29, 1.82) is 0 Å². The van der Waals surface area contributed by atoms with Gasteiger partial charge in [0.1, 0.15) is 6.04 Å². The van der Waals surface area contributed by atoms with Crippen molar-refractivity contribution < 1.29 is 18.3 Å². The molecule has 21 heavy (non-hydrogen) atoms. The molecule has 1 aliphatic heterocycles. The second-order valence-corrected chi connectivity index (χ2v) is 6.97. The lowest BCUT2D eigenvalue weighted by molar-refractivity contribution is -0.126. The van der Waals surface area contributed by atoms with Gasteiger partial charge in [-0.1, -0.05) is 19.1 Å². The quantitative estimate of drug-likeness (QED) is 0.854. The zero-order chi connectivity index (χ0) is 15.6. The molecule has 0 aliphatic carbocycles. The summed E-state index contributed by atoms with van der Waals surface area (Å²) in [6.45, 7) is 3.93. The van der Waals surface area contributed by atoms with Gasteiger partial charge in [-0.25, -0.2) is 8.42 Å². The smallest absolute Gasteiger partial charge is 0.243 e. The van der Waals surface area contributed by atoms with E-state index in [1.807, 2.05) is 0 Å². The van der Waals surface area contributed by atoms with Crippen LogP contribution in [0.2, 0.25) is 0 Å². The Morgan fingerprint density at radius 1 is 1.48 bits per heavy atom. The molecule has 2 N–H and O–H groups in total. The van der Waals surface area contributed by atoms with E-state index in [-0.39, 0.29) is 17.3 Å². The maximum Gasteiger partial charge on any atom is 0.243 e. The summed E-state index contributed by atoms with van der Waals surface area (Å²) in [5.74, 6) is -0.265. The van der Waals surface area contributed by atoms with E-state index in [0.717, 1.165) is 0 Å². The van der Waals surface area contributed by atoms with Crippen molar-refractivity contribution in [1.82, 2.24) is 9.62 Å². The molecule has 0 aromatic heterocycles. The molecule has 1 saturated heterocycles. The lowest BCUT2D eigenvalue weighted by atomic mass is 10.1. The number of rotatable bonds is 4. The van der Waals surface area contributed by atoms with E-state index in [4.69, 9.17) is 0 Å². The van der Waals surface area contributed by atoms with Gasteiger partial charge in [-0.15, -0.1) is 0 Å². The molecule has 6 nitrogen and oxygen atoms in total. The highest BCUT2D eigenvalue weighted by Gasteiger charge is 2.37. The zero-order valence-corrected chi connectivity index (χ0v) is 12.9. The van der Waals surface area contributed by atoms with Crippen molar-refractivity contribution >= 4 is 15.9 Å². The molecule has 1 aliphatic rings. The lowest BCUT2D eigenvalue weighted by Crippen LogP contribution is -2.56. The Morgan fingerprint density at radius 2 is 2.19 bits per heavy atom. The van der Waals surface area contributed by atoms with Gasteiger partial charge >= 0.3 is 0 Å². The van der Waals surface area contributed by atoms with Gasteiger partial charge in [-0.2, -0.15) is 4.31 Å². The van der Waals surface area contributed by atoms with Crippen LogP contribution >= 0.6 is 0 Å². The van der Waals surface area contributed by atoms with Gasteiger partial charge in [0, 0.05) is 13.1 Å². The number of amides is 1. The molecular weight excluding hydrogens is 292 g/mol. The summed E-state index contributed by atoms with van der Waals surface area (Å²) in [6.07, 6.45) is -0.326. The highest BCUT2D eigenvalue weighted by molar-refractivity contribution is 7.89. The first-order chi connectivity index (χ1) is 9.87. The van der Waals surface area contributed by atoms with Gasteiger partial charge in [-0.3, -0.25) is 4.79 Å². The molecule has 1 aromatic rings. The van der Waals surface area contributed by atoms with Gasteiger partial charge in [0.25, 0.3) is 0 Å². The van der Waals surface area contributed by atoms with Crippen molar-refractivity contribution in [2.24, 2.45) is 0 Å². The number of aliphatic hydroxyl groups is 1. The maximum atomic E-state index is 12.7. The number of carbonyl (C=O) groups excluding carboxylic acids is 1. The molecule has 1 amide bonds. The summed E-state index contributed by atoms with van der Waals surface area (Å²) in [4.78, 5) is 11.9. The van der Waals surface area contributed by atoms with Crippen LogP contribution in [0.1, 0.15) is 31.9 Å². The fourth-order valence-electron chi connectivity index (χ4n) is 2.44. The standard InChI is InChI=1S/C14H20N2O4S/c1-3-13-14(18)15-7-8-16(13)21(19,20)12-6-4-5-11(9-12)10(2)17/h4-6,9-10,13,17H,3,7-8H2,1-2H3,(H,15,18). The van der Waals surface area contributed by atoms with E-state index in [1.165, 1.54) is 16.4 Å². The SMILES string of the molecule is CCC1C(=O)NCCN1S(=O)(=O)c1cccc(C(C)O)c1. The molecule has 2 unspecified atom stereocenters. The van der Waals surface area contributed by atoms with Gasteiger partial charge in [0.05, 0.1) is 11.0 Å². The van der Waals surface area contributed by atoms with Crippen LogP contribution in [0.3, 0.4) is 0 Å². The van der Waals surface area contributed by atoms with E-state index in [1.54, 1.807) is 26.0 Å². The van der Waals surface area contributed by atoms with Gasteiger partial charge in [0.2, 0.25) is 15.9 Å². The highest BCUT2D eigenvalue weighted by atomic mass is 32.2. The minimum Gasteiger partial charge on any atom is -0.389 e. The molecular formula is C14H20N2O4S. The largest absolute Gasteiger partial charge is 0.389 e. The van der Waals surface area contributed by atoms with Crippen LogP contribution in [0.5, 0.6) is 0 Å². The van der Waals surface area contributed by atoms with Crippen LogP contribution < -0.4 is 5.32 Å².